The van der Waals surface area contributed by atoms with Crippen LogP contribution < -0.4 is 5.32 Å². The van der Waals surface area contributed by atoms with Crippen molar-refractivity contribution in [3.8, 4) is 0 Å². The molecular formula is C17H14ClN3O2. The van der Waals surface area contributed by atoms with Crippen LogP contribution in [0.5, 0.6) is 0 Å². The number of aliphatic imine (C=N–C) groups is 1. The number of aliphatic hydroxyl groups excluding tert-OH is 1. The van der Waals surface area contributed by atoms with Crippen molar-refractivity contribution < 1.29 is 9.90 Å². The van der Waals surface area contributed by atoms with E-state index in [0.29, 0.717) is 11.6 Å². The van der Waals surface area contributed by atoms with Crippen molar-refractivity contribution in [3.05, 3.63) is 70.2 Å². The highest BCUT2D eigenvalue weighted by molar-refractivity contribution is 6.30. The average molecular weight is 328 g/mol. The van der Waals surface area contributed by atoms with Gasteiger partial charge in [-0.1, -0.05) is 11.6 Å². The van der Waals surface area contributed by atoms with E-state index in [1.165, 1.54) is 6.08 Å². The monoisotopic (exact) mass is 327 g/mol. The third-order valence-corrected chi connectivity index (χ3v) is 4.44. The number of carbonyl (C=O) groups is 1. The Kier molecular flexibility index (Phi) is 3.32. The summed E-state index contributed by atoms with van der Waals surface area (Å²) in [7, 11) is 0. The molecular weight excluding hydrogens is 314 g/mol. The zero-order chi connectivity index (χ0) is 16.0. The van der Waals surface area contributed by atoms with Gasteiger partial charge in [0.05, 0.1) is 12.3 Å². The molecule has 1 amide bonds. The fourth-order valence-corrected chi connectivity index (χ4v) is 3.23. The Morgan fingerprint density at radius 2 is 2.09 bits per heavy atom. The summed E-state index contributed by atoms with van der Waals surface area (Å²) in [5.74, 6) is 0.461. The highest BCUT2D eigenvalue weighted by atomic mass is 35.5. The van der Waals surface area contributed by atoms with Crippen molar-refractivity contribution in [3.63, 3.8) is 0 Å². The number of carbonyl (C=O) groups excluding carboxylic acids is 1. The molecule has 116 valence electrons. The Morgan fingerprint density at radius 1 is 1.30 bits per heavy atom. The Labute approximate surface area is 138 Å². The average Bonchev–Trinajstić information content (AvgIpc) is 2.83. The zero-order valence-electron chi connectivity index (χ0n) is 12.2. The summed E-state index contributed by atoms with van der Waals surface area (Å²) >= 11 is 5.96. The van der Waals surface area contributed by atoms with Crippen molar-refractivity contribution >= 4 is 23.3 Å². The molecule has 3 heterocycles. The number of rotatable bonds is 2. The van der Waals surface area contributed by atoms with Crippen LogP contribution in [-0.2, 0) is 4.79 Å². The molecule has 0 saturated carbocycles. The molecule has 1 aromatic carbocycles. The lowest BCUT2D eigenvalue weighted by atomic mass is 10.1. The van der Waals surface area contributed by atoms with Gasteiger partial charge in [0.15, 0.2) is 0 Å². The molecule has 5 nitrogen and oxygen atoms in total. The van der Waals surface area contributed by atoms with Crippen molar-refractivity contribution in [1.82, 2.24) is 10.2 Å². The molecule has 1 aromatic rings. The van der Waals surface area contributed by atoms with Gasteiger partial charge in [-0.25, -0.2) is 4.99 Å². The third-order valence-electron chi connectivity index (χ3n) is 4.19. The van der Waals surface area contributed by atoms with E-state index in [9.17, 15) is 9.90 Å². The van der Waals surface area contributed by atoms with Crippen LogP contribution in [0.1, 0.15) is 5.56 Å². The first-order valence-corrected chi connectivity index (χ1v) is 7.71. The van der Waals surface area contributed by atoms with Crippen LogP contribution in [0.2, 0.25) is 5.02 Å². The molecule has 6 heteroatoms. The highest BCUT2D eigenvalue weighted by Gasteiger charge is 2.38. The number of amidine groups is 1. The Hall–Kier alpha value is -2.37. The van der Waals surface area contributed by atoms with Crippen LogP contribution in [-0.4, -0.2) is 34.9 Å². The predicted molar refractivity (Wildman–Crippen MR) is 87.7 cm³/mol. The minimum Gasteiger partial charge on any atom is -0.396 e. The molecule has 1 atom stereocenters. The summed E-state index contributed by atoms with van der Waals surface area (Å²) in [6, 6.07) is 7.47. The molecule has 0 aliphatic carbocycles. The SMILES string of the molecule is O=C1C=CC2=CN=C(c3ccc(Cl)cc3)N3C[C@@H](CO)C(=C23)N1. The molecule has 0 bridgehead atoms. The molecule has 0 saturated heterocycles. The Bertz CT molecular complexity index is 806. The maximum atomic E-state index is 11.9. The second kappa shape index (κ2) is 5.37. The smallest absolute Gasteiger partial charge is 0.248 e. The number of benzene rings is 1. The lowest BCUT2D eigenvalue weighted by molar-refractivity contribution is -0.115. The summed E-state index contributed by atoms with van der Waals surface area (Å²) in [5.41, 5.74) is 3.47. The second-order valence-corrected chi connectivity index (χ2v) is 6.06. The number of hydrogen-bond donors (Lipinski definition) is 2. The van der Waals surface area contributed by atoms with Crippen molar-refractivity contribution in [2.75, 3.05) is 13.2 Å². The molecule has 4 rings (SSSR count). The van der Waals surface area contributed by atoms with Crippen molar-refractivity contribution in [2.24, 2.45) is 10.9 Å². The van der Waals surface area contributed by atoms with Gasteiger partial charge in [-0.05, 0) is 30.3 Å². The van der Waals surface area contributed by atoms with E-state index in [2.05, 4.69) is 10.3 Å². The summed E-state index contributed by atoms with van der Waals surface area (Å²) in [5, 5.41) is 13.2. The molecule has 0 spiro atoms. The molecule has 0 aromatic heterocycles. The van der Waals surface area contributed by atoms with E-state index >= 15 is 0 Å². The summed E-state index contributed by atoms with van der Waals surface area (Å²) in [6.07, 6.45) is 5.00. The van der Waals surface area contributed by atoms with Crippen LogP contribution in [0.25, 0.3) is 0 Å². The minimum absolute atomic E-state index is 0.0310. The van der Waals surface area contributed by atoms with Crippen molar-refractivity contribution in [1.29, 1.82) is 0 Å². The molecule has 0 radical (unpaired) electrons. The van der Waals surface area contributed by atoms with E-state index in [-0.39, 0.29) is 18.4 Å². The minimum atomic E-state index is -0.184. The van der Waals surface area contributed by atoms with Gasteiger partial charge in [0.2, 0.25) is 5.91 Å². The number of amides is 1. The third kappa shape index (κ3) is 2.29. The van der Waals surface area contributed by atoms with E-state index in [0.717, 1.165) is 28.4 Å². The topological polar surface area (TPSA) is 64.9 Å². The quantitative estimate of drug-likeness (QED) is 0.870. The van der Waals surface area contributed by atoms with Crippen LogP contribution >= 0.6 is 11.6 Å². The first kappa shape index (κ1) is 14.2. The van der Waals surface area contributed by atoms with E-state index in [1.807, 2.05) is 29.2 Å². The predicted octanol–water partition coefficient (Wildman–Crippen LogP) is 1.81. The lowest BCUT2D eigenvalue weighted by Gasteiger charge is -2.27. The number of aliphatic hydroxyl groups is 1. The van der Waals surface area contributed by atoms with Gasteiger partial charge in [0, 0.05) is 46.6 Å². The van der Waals surface area contributed by atoms with Gasteiger partial charge in [-0.3, -0.25) is 4.79 Å². The van der Waals surface area contributed by atoms with Crippen molar-refractivity contribution in [2.45, 2.75) is 0 Å². The van der Waals surface area contributed by atoms with E-state index in [1.54, 1.807) is 12.3 Å². The number of nitrogens with one attached hydrogen (secondary N) is 1. The van der Waals surface area contributed by atoms with E-state index < -0.39 is 0 Å². The van der Waals surface area contributed by atoms with Gasteiger partial charge >= 0.3 is 0 Å². The van der Waals surface area contributed by atoms with Gasteiger partial charge < -0.3 is 15.3 Å². The summed E-state index contributed by atoms with van der Waals surface area (Å²) in [6.45, 7) is 0.547. The molecule has 0 unspecified atom stereocenters. The first-order chi connectivity index (χ1) is 11.2. The number of halogens is 1. The van der Waals surface area contributed by atoms with Crippen LogP contribution in [0.4, 0.5) is 0 Å². The van der Waals surface area contributed by atoms with Gasteiger partial charge in [0.1, 0.15) is 5.84 Å². The molecule has 2 N–H and O–H groups in total. The number of allylic oxidation sites excluding steroid dienone is 1. The second-order valence-electron chi connectivity index (χ2n) is 5.62. The molecule has 23 heavy (non-hydrogen) atoms. The Balaban J connectivity index is 1.84. The summed E-state index contributed by atoms with van der Waals surface area (Å²) < 4.78 is 0. The standard InChI is InChI=1S/C17H14ClN3O2/c18-13-4-1-10(2-5-13)17-19-7-11-3-6-14(23)20-15-12(9-22)8-21(17)16(11)15/h1-7,12,22H,8-9H2,(H,20,23)/t12-/m0/s1. The molecule has 3 aliphatic rings. The zero-order valence-corrected chi connectivity index (χ0v) is 12.9. The molecule has 0 fully saturated rings. The maximum absolute atomic E-state index is 11.9. The first-order valence-electron chi connectivity index (χ1n) is 7.33. The maximum Gasteiger partial charge on any atom is 0.248 e. The fourth-order valence-electron chi connectivity index (χ4n) is 3.11. The normalized spacial score (nSPS) is 22.4. The largest absolute Gasteiger partial charge is 0.396 e. The lowest BCUT2D eigenvalue weighted by Crippen LogP contribution is -2.33. The number of hydrogen-bond acceptors (Lipinski definition) is 4. The number of nitrogens with zero attached hydrogens (tertiary/aromatic N) is 2. The van der Waals surface area contributed by atoms with Crippen LogP contribution in [0.3, 0.4) is 0 Å². The Morgan fingerprint density at radius 3 is 2.83 bits per heavy atom. The fraction of sp³-hybridized carbons (Fsp3) is 0.176. The van der Waals surface area contributed by atoms with Crippen LogP contribution in [0.15, 0.2) is 64.6 Å². The van der Waals surface area contributed by atoms with Gasteiger partial charge in [0.25, 0.3) is 0 Å². The summed E-state index contributed by atoms with van der Waals surface area (Å²) in [4.78, 5) is 18.5. The van der Waals surface area contributed by atoms with E-state index in [4.69, 9.17) is 11.6 Å². The van der Waals surface area contributed by atoms with Crippen LogP contribution in [0, 0.1) is 5.92 Å². The van der Waals surface area contributed by atoms with Gasteiger partial charge in [-0.15, -0.1) is 0 Å². The highest BCUT2D eigenvalue weighted by Crippen LogP contribution is 2.37. The van der Waals surface area contributed by atoms with Gasteiger partial charge in [-0.2, -0.15) is 0 Å². The molecule has 3 aliphatic heterocycles.